The Labute approximate surface area is 123 Å². The Kier molecular flexibility index (Phi) is 4.72. The highest BCUT2D eigenvalue weighted by atomic mass is 79.9. The molecule has 0 amide bonds. The predicted molar refractivity (Wildman–Crippen MR) is 81.6 cm³/mol. The van der Waals surface area contributed by atoms with E-state index in [1.165, 1.54) is 11.1 Å². The highest BCUT2D eigenvalue weighted by molar-refractivity contribution is 9.08. The molecule has 18 heavy (non-hydrogen) atoms. The average molecular weight is 368 g/mol. The van der Waals surface area contributed by atoms with Crippen LogP contribution in [0.3, 0.4) is 0 Å². The zero-order chi connectivity index (χ0) is 13.0. The molecule has 0 heterocycles. The minimum atomic E-state index is 0.0669. The van der Waals surface area contributed by atoms with Crippen molar-refractivity contribution in [3.63, 3.8) is 0 Å². The molecule has 2 aromatic carbocycles. The van der Waals surface area contributed by atoms with Crippen LogP contribution >= 0.6 is 31.9 Å². The zero-order valence-electron chi connectivity index (χ0n) is 9.70. The Balaban J connectivity index is 2.23. The topological polar surface area (TPSA) is 17.1 Å². The minimum absolute atomic E-state index is 0.0669. The Morgan fingerprint density at radius 1 is 0.722 bits per heavy atom. The Bertz CT molecular complexity index is 480. The fourth-order valence-electron chi connectivity index (χ4n) is 1.66. The van der Waals surface area contributed by atoms with Crippen molar-refractivity contribution in [3.05, 3.63) is 70.8 Å². The van der Waals surface area contributed by atoms with Crippen LogP contribution in [-0.4, -0.2) is 5.78 Å². The van der Waals surface area contributed by atoms with Gasteiger partial charge in [-0.25, -0.2) is 0 Å². The molecule has 0 spiro atoms. The van der Waals surface area contributed by atoms with Gasteiger partial charge in [-0.2, -0.15) is 0 Å². The molecule has 0 aliphatic heterocycles. The molecule has 0 N–H and O–H groups in total. The van der Waals surface area contributed by atoms with Crippen LogP contribution < -0.4 is 0 Å². The second-order valence-corrected chi connectivity index (χ2v) is 5.11. The summed E-state index contributed by atoms with van der Waals surface area (Å²) in [6.45, 7) is 0. The van der Waals surface area contributed by atoms with E-state index in [0.29, 0.717) is 0 Å². The van der Waals surface area contributed by atoms with Crippen LogP contribution in [0.1, 0.15) is 27.0 Å². The molecule has 0 atom stereocenters. The number of carbonyl (C=O) groups excluding carboxylic acids is 1. The standard InChI is InChI=1S/C15H12Br2O/c16-9-11-1-5-13(6-2-11)15(18)14-7-3-12(10-17)4-8-14/h1-8H,9-10H2. The minimum Gasteiger partial charge on any atom is -0.289 e. The highest BCUT2D eigenvalue weighted by Gasteiger charge is 2.08. The molecule has 3 heteroatoms. The molecular weight excluding hydrogens is 356 g/mol. The summed E-state index contributed by atoms with van der Waals surface area (Å²) >= 11 is 6.78. The summed E-state index contributed by atoms with van der Waals surface area (Å²) < 4.78 is 0. The molecule has 0 unspecified atom stereocenters. The lowest BCUT2D eigenvalue weighted by Crippen LogP contribution is -2.01. The summed E-state index contributed by atoms with van der Waals surface area (Å²) in [5.41, 5.74) is 3.79. The number of hydrogen-bond acceptors (Lipinski definition) is 1. The molecule has 0 bridgehead atoms. The van der Waals surface area contributed by atoms with Gasteiger partial charge in [0.1, 0.15) is 0 Å². The first kappa shape index (κ1) is 13.5. The SMILES string of the molecule is O=C(c1ccc(CBr)cc1)c1ccc(CBr)cc1. The van der Waals surface area contributed by atoms with Gasteiger partial charge in [0.25, 0.3) is 0 Å². The Morgan fingerprint density at radius 3 is 1.33 bits per heavy atom. The number of halogens is 2. The van der Waals surface area contributed by atoms with E-state index in [1.807, 2.05) is 48.5 Å². The van der Waals surface area contributed by atoms with Crippen LogP contribution in [-0.2, 0) is 10.7 Å². The van der Waals surface area contributed by atoms with E-state index >= 15 is 0 Å². The zero-order valence-corrected chi connectivity index (χ0v) is 12.9. The molecule has 92 valence electrons. The summed E-state index contributed by atoms with van der Waals surface area (Å²) in [7, 11) is 0. The summed E-state index contributed by atoms with van der Waals surface area (Å²) in [5.74, 6) is 0.0669. The molecule has 0 saturated carbocycles. The van der Waals surface area contributed by atoms with Gasteiger partial charge in [0.15, 0.2) is 5.78 Å². The maximum absolute atomic E-state index is 12.2. The van der Waals surface area contributed by atoms with Gasteiger partial charge < -0.3 is 0 Å². The van der Waals surface area contributed by atoms with Crippen molar-refractivity contribution in [1.29, 1.82) is 0 Å². The van der Waals surface area contributed by atoms with E-state index in [1.54, 1.807) is 0 Å². The smallest absolute Gasteiger partial charge is 0.193 e. The summed E-state index contributed by atoms with van der Waals surface area (Å²) in [4.78, 5) is 12.2. The summed E-state index contributed by atoms with van der Waals surface area (Å²) in [6, 6.07) is 15.4. The fraction of sp³-hybridized carbons (Fsp3) is 0.133. The maximum Gasteiger partial charge on any atom is 0.193 e. The predicted octanol–water partition coefficient (Wildman–Crippen LogP) is 4.71. The molecule has 0 saturated heterocycles. The van der Waals surface area contributed by atoms with E-state index in [4.69, 9.17) is 0 Å². The second-order valence-electron chi connectivity index (χ2n) is 3.99. The molecule has 0 aliphatic rings. The molecule has 1 nitrogen and oxygen atoms in total. The third-order valence-electron chi connectivity index (χ3n) is 2.74. The molecule has 0 aliphatic carbocycles. The van der Waals surface area contributed by atoms with Crippen LogP contribution in [0, 0.1) is 0 Å². The van der Waals surface area contributed by atoms with Crippen LogP contribution in [0.5, 0.6) is 0 Å². The van der Waals surface area contributed by atoms with Crippen LogP contribution in [0.25, 0.3) is 0 Å². The number of carbonyl (C=O) groups is 1. The fourth-order valence-corrected chi connectivity index (χ4v) is 2.40. The van der Waals surface area contributed by atoms with E-state index in [2.05, 4.69) is 31.9 Å². The summed E-state index contributed by atoms with van der Waals surface area (Å²) in [5, 5.41) is 1.61. The molecule has 2 aromatic rings. The van der Waals surface area contributed by atoms with E-state index in [9.17, 15) is 4.79 Å². The van der Waals surface area contributed by atoms with Gasteiger partial charge in [0, 0.05) is 21.8 Å². The third-order valence-corrected chi connectivity index (χ3v) is 4.04. The molecule has 0 aromatic heterocycles. The van der Waals surface area contributed by atoms with Gasteiger partial charge in [-0.3, -0.25) is 4.79 Å². The number of rotatable bonds is 4. The van der Waals surface area contributed by atoms with Gasteiger partial charge in [-0.15, -0.1) is 0 Å². The van der Waals surface area contributed by atoms with Gasteiger partial charge >= 0.3 is 0 Å². The molecular formula is C15H12Br2O. The largest absolute Gasteiger partial charge is 0.289 e. The lowest BCUT2D eigenvalue weighted by atomic mass is 10.0. The van der Waals surface area contributed by atoms with E-state index in [-0.39, 0.29) is 5.78 Å². The summed E-state index contributed by atoms with van der Waals surface area (Å²) in [6.07, 6.45) is 0. The Morgan fingerprint density at radius 2 is 1.06 bits per heavy atom. The van der Waals surface area contributed by atoms with Gasteiger partial charge in [0.05, 0.1) is 0 Å². The van der Waals surface area contributed by atoms with Gasteiger partial charge in [0.2, 0.25) is 0 Å². The van der Waals surface area contributed by atoms with Crippen LogP contribution in [0.2, 0.25) is 0 Å². The van der Waals surface area contributed by atoms with Gasteiger partial charge in [-0.05, 0) is 11.1 Å². The molecule has 0 fully saturated rings. The van der Waals surface area contributed by atoms with Crippen LogP contribution in [0.4, 0.5) is 0 Å². The number of alkyl halides is 2. The van der Waals surface area contributed by atoms with Crippen molar-refractivity contribution in [3.8, 4) is 0 Å². The first-order valence-electron chi connectivity index (χ1n) is 5.59. The van der Waals surface area contributed by atoms with Crippen molar-refractivity contribution in [2.45, 2.75) is 10.7 Å². The number of benzene rings is 2. The number of hydrogen-bond donors (Lipinski definition) is 0. The second kappa shape index (κ2) is 6.30. The van der Waals surface area contributed by atoms with Crippen molar-refractivity contribution in [1.82, 2.24) is 0 Å². The van der Waals surface area contributed by atoms with E-state index in [0.717, 1.165) is 21.8 Å². The first-order chi connectivity index (χ1) is 8.74. The van der Waals surface area contributed by atoms with Crippen LogP contribution in [0.15, 0.2) is 48.5 Å². The maximum atomic E-state index is 12.2. The number of ketones is 1. The first-order valence-corrected chi connectivity index (χ1v) is 7.83. The molecule has 0 radical (unpaired) electrons. The van der Waals surface area contributed by atoms with Gasteiger partial charge in [-0.1, -0.05) is 80.4 Å². The van der Waals surface area contributed by atoms with Crippen molar-refractivity contribution >= 4 is 37.6 Å². The van der Waals surface area contributed by atoms with E-state index < -0.39 is 0 Å². The Hall–Kier alpha value is -0.930. The molecule has 2 rings (SSSR count). The van der Waals surface area contributed by atoms with Crippen molar-refractivity contribution in [2.24, 2.45) is 0 Å². The lowest BCUT2D eigenvalue weighted by molar-refractivity contribution is 0.103. The third kappa shape index (κ3) is 3.09. The van der Waals surface area contributed by atoms with Crippen molar-refractivity contribution < 1.29 is 4.79 Å². The average Bonchev–Trinajstić information content (AvgIpc) is 2.47. The monoisotopic (exact) mass is 366 g/mol. The van der Waals surface area contributed by atoms with Crippen molar-refractivity contribution in [2.75, 3.05) is 0 Å². The highest BCUT2D eigenvalue weighted by Crippen LogP contribution is 2.14. The normalized spacial score (nSPS) is 10.3. The quantitative estimate of drug-likeness (QED) is 0.565. The lowest BCUT2D eigenvalue weighted by Gasteiger charge is -2.03.